The van der Waals surface area contributed by atoms with Gasteiger partial charge in [0.2, 0.25) is 0 Å². The van der Waals surface area contributed by atoms with Crippen molar-refractivity contribution in [1.29, 1.82) is 5.26 Å². The van der Waals surface area contributed by atoms with Crippen molar-refractivity contribution in [3.05, 3.63) is 73.6 Å². The van der Waals surface area contributed by atoms with Crippen molar-refractivity contribution in [2.24, 2.45) is 5.10 Å². The second kappa shape index (κ2) is 8.48. The summed E-state index contributed by atoms with van der Waals surface area (Å²) in [5.74, 6) is 0. The number of anilines is 1. The van der Waals surface area contributed by atoms with Crippen LogP contribution >= 0.6 is 22.9 Å². The zero-order valence-corrected chi connectivity index (χ0v) is 16.2. The van der Waals surface area contributed by atoms with Crippen molar-refractivity contribution in [2.45, 2.75) is 6.18 Å². The third-order valence-corrected chi connectivity index (χ3v) is 4.95. The van der Waals surface area contributed by atoms with Gasteiger partial charge < -0.3 is 0 Å². The number of benzene rings is 2. The lowest BCUT2D eigenvalue weighted by Gasteiger charge is -2.10. The summed E-state index contributed by atoms with van der Waals surface area (Å²) in [5.41, 5.74) is 2.15. The van der Waals surface area contributed by atoms with E-state index in [-0.39, 0.29) is 27.1 Å². The second-order valence-corrected chi connectivity index (χ2v) is 6.98. The van der Waals surface area contributed by atoms with E-state index in [1.807, 2.05) is 6.07 Å². The number of non-ortho nitro benzene ring substituents is 1. The number of hydrazone groups is 1. The molecule has 0 aliphatic carbocycles. The van der Waals surface area contributed by atoms with Gasteiger partial charge >= 0.3 is 6.18 Å². The molecular formula is C18H9ClF3N5O2S. The SMILES string of the molecule is N#C/C(=N\Nc1cc(C(F)(F)F)ccc1Cl)c1nc(-c2ccc([N+](=O)[O-])cc2)cs1. The Morgan fingerprint density at radius 1 is 1.27 bits per heavy atom. The number of nitrogens with one attached hydrogen (secondary N) is 1. The maximum Gasteiger partial charge on any atom is 0.416 e. The molecule has 0 unspecified atom stereocenters. The normalized spacial score (nSPS) is 11.8. The number of nitrogens with zero attached hydrogens (tertiary/aromatic N) is 4. The molecule has 1 heterocycles. The number of nitriles is 1. The van der Waals surface area contributed by atoms with Gasteiger partial charge in [-0.2, -0.15) is 23.5 Å². The molecule has 0 fully saturated rings. The van der Waals surface area contributed by atoms with Crippen LogP contribution in [0, 0.1) is 21.4 Å². The molecule has 1 N–H and O–H groups in total. The van der Waals surface area contributed by atoms with E-state index in [4.69, 9.17) is 11.6 Å². The number of halogens is 4. The molecule has 7 nitrogen and oxygen atoms in total. The molecule has 12 heteroatoms. The zero-order chi connectivity index (χ0) is 21.9. The van der Waals surface area contributed by atoms with Crippen molar-refractivity contribution in [3.8, 4) is 17.3 Å². The lowest BCUT2D eigenvalue weighted by atomic mass is 10.1. The number of nitro benzene ring substituents is 1. The van der Waals surface area contributed by atoms with Gasteiger partial charge in [0, 0.05) is 23.1 Å². The number of hydrogen-bond donors (Lipinski definition) is 1. The Bertz CT molecular complexity index is 1170. The molecule has 0 bridgehead atoms. The molecule has 0 aliphatic heterocycles. The first-order valence-corrected chi connectivity index (χ1v) is 9.26. The highest BCUT2D eigenvalue weighted by molar-refractivity contribution is 7.12. The molecule has 2 aromatic carbocycles. The number of nitro groups is 1. The van der Waals surface area contributed by atoms with Gasteiger partial charge in [0.25, 0.3) is 5.69 Å². The quantitative estimate of drug-likeness (QED) is 0.303. The van der Waals surface area contributed by atoms with E-state index in [1.54, 1.807) is 5.38 Å². The van der Waals surface area contributed by atoms with Gasteiger partial charge in [-0.15, -0.1) is 11.3 Å². The summed E-state index contributed by atoms with van der Waals surface area (Å²) in [6.07, 6.45) is -4.56. The number of hydrogen-bond acceptors (Lipinski definition) is 7. The molecular weight excluding hydrogens is 443 g/mol. The maximum absolute atomic E-state index is 12.9. The van der Waals surface area contributed by atoms with Gasteiger partial charge in [0.1, 0.15) is 6.07 Å². The van der Waals surface area contributed by atoms with Gasteiger partial charge in [0.15, 0.2) is 10.7 Å². The Morgan fingerprint density at radius 2 is 1.97 bits per heavy atom. The summed E-state index contributed by atoms with van der Waals surface area (Å²) >= 11 is 6.98. The molecule has 0 radical (unpaired) electrons. The molecule has 0 saturated carbocycles. The van der Waals surface area contributed by atoms with Crippen LogP contribution in [0.5, 0.6) is 0 Å². The Morgan fingerprint density at radius 3 is 2.57 bits per heavy atom. The van der Waals surface area contributed by atoms with Crippen LogP contribution in [0.15, 0.2) is 52.9 Å². The van der Waals surface area contributed by atoms with Crippen LogP contribution in [-0.2, 0) is 6.18 Å². The van der Waals surface area contributed by atoms with Gasteiger partial charge in [-0.3, -0.25) is 15.5 Å². The summed E-state index contributed by atoms with van der Waals surface area (Å²) < 4.78 is 38.6. The molecule has 0 saturated heterocycles. The highest BCUT2D eigenvalue weighted by Crippen LogP contribution is 2.34. The zero-order valence-electron chi connectivity index (χ0n) is 14.6. The van der Waals surface area contributed by atoms with Crippen LogP contribution < -0.4 is 5.43 Å². The van der Waals surface area contributed by atoms with Crippen molar-refractivity contribution in [1.82, 2.24) is 4.98 Å². The van der Waals surface area contributed by atoms with Crippen LogP contribution in [0.2, 0.25) is 5.02 Å². The van der Waals surface area contributed by atoms with E-state index < -0.39 is 16.7 Å². The average Bonchev–Trinajstić information content (AvgIpc) is 3.19. The number of rotatable bonds is 5. The molecule has 0 spiro atoms. The van der Waals surface area contributed by atoms with Crippen molar-refractivity contribution in [2.75, 3.05) is 5.43 Å². The van der Waals surface area contributed by atoms with E-state index in [1.165, 1.54) is 24.3 Å². The number of alkyl halides is 3. The first-order chi connectivity index (χ1) is 14.2. The third kappa shape index (κ3) is 4.73. The minimum Gasteiger partial charge on any atom is -0.276 e. The molecule has 30 heavy (non-hydrogen) atoms. The molecule has 3 aromatic rings. The standard InChI is InChI=1S/C18H9ClF3N5O2S/c19-13-6-3-11(18(20,21)22)7-14(13)25-26-15(8-23)17-24-16(9-30-17)10-1-4-12(5-2-10)27(28)29/h1-7,9,25H/b26-15+. The smallest absolute Gasteiger partial charge is 0.276 e. The Kier molecular flexibility index (Phi) is 6.00. The minimum absolute atomic E-state index is 0.00486. The molecule has 0 atom stereocenters. The van der Waals surface area contributed by atoms with E-state index >= 15 is 0 Å². The van der Waals surface area contributed by atoms with Crippen LogP contribution in [0.4, 0.5) is 24.5 Å². The van der Waals surface area contributed by atoms with Crippen molar-refractivity contribution < 1.29 is 18.1 Å². The van der Waals surface area contributed by atoms with E-state index in [0.29, 0.717) is 11.3 Å². The highest BCUT2D eigenvalue weighted by atomic mass is 35.5. The first kappa shape index (κ1) is 21.2. The van der Waals surface area contributed by atoms with Crippen molar-refractivity contribution >= 4 is 40.0 Å². The van der Waals surface area contributed by atoms with E-state index in [2.05, 4.69) is 15.5 Å². The summed E-state index contributed by atoms with van der Waals surface area (Å²) in [6, 6.07) is 10.2. The Balaban J connectivity index is 1.84. The minimum atomic E-state index is -4.56. The summed E-state index contributed by atoms with van der Waals surface area (Å²) in [7, 11) is 0. The molecule has 1 aromatic heterocycles. The van der Waals surface area contributed by atoms with Gasteiger partial charge in [-0.25, -0.2) is 4.98 Å². The third-order valence-electron chi connectivity index (χ3n) is 3.77. The molecule has 152 valence electrons. The summed E-state index contributed by atoms with van der Waals surface area (Å²) in [5, 5.41) is 25.7. The van der Waals surface area contributed by atoms with Gasteiger partial charge in [-0.05, 0) is 30.3 Å². The highest BCUT2D eigenvalue weighted by Gasteiger charge is 2.31. The lowest BCUT2D eigenvalue weighted by molar-refractivity contribution is -0.384. The van der Waals surface area contributed by atoms with Crippen LogP contribution in [0.1, 0.15) is 10.6 Å². The number of thiazole rings is 1. The lowest BCUT2D eigenvalue weighted by Crippen LogP contribution is -2.06. The fraction of sp³-hybridized carbons (Fsp3) is 0.0556. The largest absolute Gasteiger partial charge is 0.416 e. The summed E-state index contributed by atoms with van der Waals surface area (Å²) in [4.78, 5) is 14.5. The monoisotopic (exact) mass is 451 g/mol. The second-order valence-electron chi connectivity index (χ2n) is 5.72. The first-order valence-electron chi connectivity index (χ1n) is 8.00. The number of aromatic nitrogens is 1. The topological polar surface area (TPSA) is 104 Å². The maximum atomic E-state index is 12.9. The fourth-order valence-corrected chi connectivity index (χ4v) is 3.22. The van der Waals surface area contributed by atoms with Crippen molar-refractivity contribution in [3.63, 3.8) is 0 Å². The van der Waals surface area contributed by atoms with Crippen LogP contribution in [0.25, 0.3) is 11.3 Å². The Labute approximate surface area is 176 Å². The van der Waals surface area contributed by atoms with Crippen LogP contribution in [-0.4, -0.2) is 15.6 Å². The van der Waals surface area contributed by atoms with E-state index in [9.17, 15) is 28.5 Å². The summed E-state index contributed by atoms with van der Waals surface area (Å²) in [6.45, 7) is 0. The van der Waals surface area contributed by atoms with E-state index in [0.717, 1.165) is 29.5 Å². The molecule has 3 rings (SSSR count). The predicted molar refractivity (Wildman–Crippen MR) is 106 cm³/mol. The van der Waals surface area contributed by atoms with Crippen LogP contribution in [0.3, 0.4) is 0 Å². The molecule has 0 aliphatic rings. The Hall–Kier alpha value is -3.49. The fourth-order valence-electron chi connectivity index (χ4n) is 2.29. The van der Waals surface area contributed by atoms with Gasteiger partial charge in [0.05, 0.1) is 26.9 Å². The average molecular weight is 452 g/mol. The van der Waals surface area contributed by atoms with Gasteiger partial charge in [-0.1, -0.05) is 11.6 Å². The predicted octanol–water partition coefficient (Wildman–Crippen LogP) is 5.73. The molecule has 0 amide bonds.